The number of aryl methyl sites for hydroxylation is 1. The van der Waals surface area contributed by atoms with Crippen LogP contribution in [0.25, 0.3) is 0 Å². The van der Waals surface area contributed by atoms with E-state index in [0.717, 1.165) is 24.0 Å². The van der Waals surface area contributed by atoms with Gasteiger partial charge in [0.05, 0.1) is 11.7 Å². The van der Waals surface area contributed by atoms with Gasteiger partial charge in [0.25, 0.3) is 0 Å². The number of hydrogen-bond acceptors (Lipinski definition) is 3. The van der Waals surface area contributed by atoms with Gasteiger partial charge in [-0.3, -0.25) is 4.68 Å². The van der Waals surface area contributed by atoms with Gasteiger partial charge in [0.15, 0.2) is 0 Å². The van der Waals surface area contributed by atoms with E-state index in [2.05, 4.69) is 46.9 Å². The van der Waals surface area contributed by atoms with E-state index in [1.54, 1.807) is 0 Å². The molecule has 0 aromatic carbocycles. The molecule has 19 heavy (non-hydrogen) atoms. The summed E-state index contributed by atoms with van der Waals surface area (Å²) >= 11 is 2.15. The summed E-state index contributed by atoms with van der Waals surface area (Å²) in [5.41, 5.74) is 1.34. The molecule has 0 amide bonds. The fourth-order valence-electron chi connectivity index (χ4n) is 2.82. The van der Waals surface area contributed by atoms with Crippen molar-refractivity contribution in [3.63, 3.8) is 0 Å². The molecule has 1 aromatic heterocycles. The highest BCUT2D eigenvalue weighted by Crippen LogP contribution is 2.30. The van der Waals surface area contributed by atoms with Gasteiger partial charge in [0, 0.05) is 23.7 Å². The first-order valence-corrected chi connectivity index (χ1v) is 8.70. The van der Waals surface area contributed by atoms with Crippen molar-refractivity contribution in [3.8, 4) is 0 Å². The predicted molar refractivity (Wildman–Crippen MR) is 83.6 cm³/mol. The monoisotopic (exact) mass is 281 g/mol. The van der Waals surface area contributed by atoms with Crippen molar-refractivity contribution in [1.29, 1.82) is 0 Å². The maximum Gasteiger partial charge on any atom is 0.0581 e. The van der Waals surface area contributed by atoms with Gasteiger partial charge in [-0.2, -0.15) is 16.9 Å². The molecule has 3 nitrogen and oxygen atoms in total. The van der Waals surface area contributed by atoms with Crippen LogP contribution in [0.3, 0.4) is 0 Å². The Morgan fingerprint density at radius 2 is 2.21 bits per heavy atom. The molecular formula is C15H27N3S. The van der Waals surface area contributed by atoms with E-state index in [1.807, 2.05) is 6.20 Å². The molecule has 0 radical (unpaired) electrons. The molecule has 1 aliphatic rings. The highest BCUT2D eigenvalue weighted by Gasteiger charge is 2.19. The average Bonchev–Trinajstić information content (AvgIpc) is 2.90. The number of thioether (sulfide) groups is 1. The number of hydrogen-bond donors (Lipinski definition) is 1. The van der Waals surface area contributed by atoms with E-state index in [-0.39, 0.29) is 0 Å². The van der Waals surface area contributed by atoms with Crippen molar-refractivity contribution < 1.29 is 0 Å². The Hall–Kier alpha value is -0.480. The van der Waals surface area contributed by atoms with Crippen molar-refractivity contribution in [1.82, 2.24) is 15.1 Å². The smallest absolute Gasteiger partial charge is 0.0581 e. The second-order valence-electron chi connectivity index (χ2n) is 5.41. The molecule has 1 saturated carbocycles. The van der Waals surface area contributed by atoms with Gasteiger partial charge < -0.3 is 5.32 Å². The third-order valence-electron chi connectivity index (χ3n) is 3.94. The van der Waals surface area contributed by atoms with Crippen LogP contribution in [-0.4, -0.2) is 27.8 Å². The first kappa shape index (κ1) is 14.9. The van der Waals surface area contributed by atoms with E-state index in [1.165, 1.54) is 37.8 Å². The van der Waals surface area contributed by atoms with E-state index < -0.39 is 0 Å². The van der Waals surface area contributed by atoms with E-state index in [9.17, 15) is 0 Å². The molecule has 0 bridgehead atoms. The van der Waals surface area contributed by atoms with Crippen LogP contribution in [-0.2, 0) is 6.54 Å². The fourth-order valence-corrected chi connectivity index (χ4v) is 4.29. The van der Waals surface area contributed by atoms with Gasteiger partial charge in [-0.1, -0.05) is 26.2 Å². The fraction of sp³-hybridized carbons (Fsp3) is 0.800. The Bertz CT molecular complexity index is 358. The van der Waals surface area contributed by atoms with Crippen LogP contribution >= 0.6 is 11.8 Å². The van der Waals surface area contributed by atoms with Crippen LogP contribution in [0.1, 0.15) is 57.2 Å². The molecule has 1 unspecified atom stereocenters. The average molecular weight is 281 g/mol. The standard InChI is InChI=1S/C15H27N3S/c1-3-11-18-15(9-10-17-18)14(16-2)12-19-13-7-5-4-6-8-13/h9-10,13-14,16H,3-8,11-12H2,1-2H3. The quantitative estimate of drug-likeness (QED) is 0.828. The van der Waals surface area contributed by atoms with Crippen LogP contribution < -0.4 is 5.32 Å². The molecule has 0 spiro atoms. The summed E-state index contributed by atoms with van der Waals surface area (Å²) in [6, 6.07) is 2.60. The molecule has 0 aliphatic heterocycles. The normalized spacial score (nSPS) is 18.6. The number of aromatic nitrogens is 2. The summed E-state index contributed by atoms with van der Waals surface area (Å²) in [6.45, 7) is 3.23. The minimum atomic E-state index is 0.431. The largest absolute Gasteiger partial charge is 0.311 e. The van der Waals surface area contributed by atoms with Crippen LogP contribution in [0, 0.1) is 0 Å². The van der Waals surface area contributed by atoms with Crippen LogP contribution in [0.4, 0.5) is 0 Å². The van der Waals surface area contributed by atoms with Crippen LogP contribution in [0.2, 0.25) is 0 Å². The van der Waals surface area contributed by atoms with Crippen molar-refractivity contribution in [2.45, 2.75) is 63.3 Å². The number of nitrogens with zero attached hydrogens (tertiary/aromatic N) is 2. The molecule has 2 rings (SSSR count). The Morgan fingerprint density at radius 3 is 2.89 bits per heavy atom. The SMILES string of the molecule is CCCn1nccc1C(CSC1CCCCC1)NC. The minimum Gasteiger partial charge on any atom is -0.311 e. The summed E-state index contributed by atoms with van der Waals surface area (Å²) in [4.78, 5) is 0. The van der Waals surface area contributed by atoms with E-state index in [0.29, 0.717) is 6.04 Å². The third kappa shape index (κ3) is 4.25. The Morgan fingerprint density at radius 1 is 1.42 bits per heavy atom. The third-order valence-corrected chi connectivity index (χ3v) is 5.41. The zero-order valence-corrected chi connectivity index (χ0v) is 13.1. The lowest BCUT2D eigenvalue weighted by Crippen LogP contribution is -2.24. The lowest BCUT2D eigenvalue weighted by atomic mass is 10.0. The molecular weight excluding hydrogens is 254 g/mol. The van der Waals surface area contributed by atoms with Gasteiger partial charge in [-0.15, -0.1) is 0 Å². The Labute approximate surface area is 121 Å². The summed E-state index contributed by atoms with van der Waals surface area (Å²) in [6.07, 6.45) is 10.2. The van der Waals surface area contributed by atoms with Crippen LogP contribution in [0.5, 0.6) is 0 Å². The van der Waals surface area contributed by atoms with Gasteiger partial charge in [-0.05, 0) is 32.4 Å². The molecule has 1 aromatic rings. The number of nitrogens with one attached hydrogen (secondary N) is 1. The lowest BCUT2D eigenvalue weighted by molar-refractivity contribution is 0.509. The van der Waals surface area contributed by atoms with E-state index >= 15 is 0 Å². The Balaban J connectivity index is 1.89. The molecule has 108 valence electrons. The minimum absolute atomic E-state index is 0.431. The highest BCUT2D eigenvalue weighted by atomic mass is 32.2. The molecule has 1 atom stereocenters. The zero-order valence-electron chi connectivity index (χ0n) is 12.3. The summed E-state index contributed by atoms with van der Waals surface area (Å²) in [5.74, 6) is 1.16. The maximum absolute atomic E-state index is 4.44. The highest BCUT2D eigenvalue weighted by molar-refractivity contribution is 7.99. The van der Waals surface area contributed by atoms with Gasteiger partial charge in [-0.25, -0.2) is 0 Å². The van der Waals surface area contributed by atoms with Crippen molar-refractivity contribution in [2.24, 2.45) is 0 Å². The topological polar surface area (TPSA) is 29.9 Å². The maximum atomic E-state index is 4.44. The Kier molecular flexibility index (Phi) is 6.24. The molecule has 1 N–H and O–H groups in total. The molecule has 0 saturated heterocycles. The second kappa shape index (κ2) is 7.95. The van der Waals surface area contributed by atoms with Crippen molar-refractivity contribution in [3.05, 3.63) is 18.0 Å². The van der Waals surface area contributed by atoms with Crippen LogP contribution in [0.15, 0.2) is 12.3 Å². The van der Waals surface area contributed by atoms with Gasteiger partial charge >= 0.3 is 0 Å². The summed E-state index contributed by atoms with van der Waals surface area (Å²) in [5, 5.41) is 8.78. The zero-order chi connectivity index (χ0) is 13.5. The van der Waals surface area contributed by atoms with Gasteiger partial charge in [0.2, 0.25) is 0 Å². The molecule has 1 heterocycles. The lowest BCUT2D eigenvalue weighted by Gasteiger charge is -2.24. The first-order valence-electron chi connectivity index (χ1n) is 7.65. The first-order chi connectivity index (χ1) is 9.35. The van der Waals surface area contributed by atoms with E-state index in [4.69, 9.17) is 0 Å². The summed E-state index contributed by atoms with van der Waals surface area (Å²) in [7, 11) is 2.06. The predicted octanol–water partition coefficient (Wildman–Crippen LogP) is 3.62. The van der Waals surface area contributed by atoms with Gasteiger partial charge in [0.1, 0.15) is 0 Å². The summed E-state index contributed by atoms with van der Waals surface area (Å²) < 4.78 is 2.16. The second-order valence-corrected chi connectivity index (χ2v) is 6.75. The number of rotatable bonds is 7. The molecule has 1 fully saturated rings. The van der Waals surface area contributed by atoms with Crippen molar-refractivity contribution >= 4 is 11.8 Å². The molecule has 4 heteroatoms. The molecule has 1 aliphatic carbocycles. The van der Waals surface area contributed by atoms with Crippen molar-refractivity contribution in [2.75, 3.05) is 12.8 Å².